The van der Waals surface area contributed by atoms with E-state index >= 15 is 0 Å². The molecule has 1 rings (SSSR count). The van der Waals surface area contributed by atoms with Crippen molar-refractivity contribution in [2.24, 2.45) is 23.7 Å². The van der Waals surface area contributed by atoms with Crippen molar-refractivity contribution in [3.05, 3.63) is 17.4 Å². The van der Waals surface area contributed by atoms with Crippen LogP contribution in [0, 0.1) is 23.7 Å². The summed E-state index contributed by atoms with van der Waals surface area (Å²) < 4.78 is 3.39. The molecule has 2 heteroatoms. The van der Waals surface area contributed by atoms with E-state index in [9.17, 15) is 0 Å². The summed E-state index contributed by atoms with van der Waals surface area (Å²) in [4.78, 5) is 0. The van der Waals surface area contributed by atoms with Crippen LogP contribution < -0.4 is 4.72 Å². The zero-order chi connectivity index (χ0) is 20.1. The first-order valence-corrected chi connectivity index (χ1v) is 12.7. The van der Waals surface area contributed by atoms with Gasteiger partial charge in [-0.1, -0.05) is 91.5 Å². The molecule has 1 aliphatic rings. The van der Waals surface area contributed by atoms with Crippen LogP contribution in [0.15, 0.2) is 17.4 Å². The van der Waals surface area contributed by atoms with Gasteiger partial charge in [-0.2, -0.15) is 0 Å². The number of rotatable bonds is 9. The molecule has 1 N–H and O–H groups in total. The van der Waals surface area contributed by atoms with Crippen molar-refractivity contribution in [2.45, 2.75) is 110 Å². The first-order valence-electron chi connectivity index (χ1n) is 11.8. The molecule has 0 aromatic rings. The highest BCUT2D eigenvalue weighted by molar-refractivity contribution is 7.98. The van der Waals surface area contributed by atoms with Crippen LogP contribution in [0.4, 0.5) is 0 Å². The molecule has 0 bridgehead atoms. The van der Waals surface area contributed by atoms with E-state index in [-0.39, 0.29) is 0 Å². The molecule has 5 unspecified atom stereocenters. The predicted octanol–water partition coefficient (Wildman–Crippen LogP) is 8.17. The van der Waals surface area contributed by atoms with Gasteiger partial charge in [0.05, 0.1) is 0 Å². The highest BCUT2D eigenvalue weighted by Crippen LogP contribution is 2.33. The fourth-order valence-electron chi connectivity index (χ4n) is 4.50. The van der Waals surface area contributed by atoms with E-state index in [4.69, 9.17) is 0 Å². The van der Waals surface area contributed by atoms with E-state index in [0.717, 1.165) is 17.8 Å². The maximum atomic E-state index is 3.83. The average Bonchev–Trinajstić information content (AvgIpc) is 2.67. The first-order chi connectivity index (χ1) is 13.1. The minimum absolute atomic E-state index is 0.647. The fraction of sp³-hybridized carbons (Fsp3) is 0.880. The number of nitrogens with one attached hydrogen (secondary N) is 1. The van der Waals surface area contributed by atoms with Gasteiger partial charge in [0.2, 0.25) is 0 Å². The van der Waals surface area contributed by atoms with E-state index in [1.54, 1.807) is 5.57 Å². The van der Waals surface area contributed by atoms with E-state index in [1.165, 1.54) is 70.6 Å². The molecule has 0 heterocycles. The zero-order valence-corrected chi connectivity index (χ0v) is 20.0. The average molecular weight is 394 g/mol. The summed E-state index contributed by atoms with van der Waals surface area (Å²) >= 11 is 1.94. The van der Waals surface area contributed by atoms with Crippen molar-refractivity contribution in [1.29, 1.82) is 0 Å². The lowest BCUT2D eigenvalue weighted by Gasteiger charge is -2.29. The summed E-state index contributed by atoms with van der Waals surface area (Å²) in [6.07, 6.45) is 17.1. The molecule has 0 saturated carbocycles. The second-order valence-corrected chi connectivity index (χ2v) is 10.0. The van der Waals surface area contributed by atoms with Gasteiger partial charge < -0.3 is 0 Å². The first kappa shape index (κ1) is 24.9. The van der Waals surface area contributed by atoms with Gasteiger partial charge in [-0.25, -0.2) is 0 Å². The number of allylic oxidation sites excluding steroid dienone is 1. The SMILES string of the molecule is CCCC1=C=CC(C(SNC)C(C)CC)CCCCCC(C(C)CC)CC1. The molecule has 0 aliphatic heterocycles. The van der Waals surface area contributed by atoms with Crippen molar-refractivity contribution in [2.75, 3.05) is 7.05 Å². The molecule has 0 fully saturated rings. The molecule has 1 aliphatic carbocycles. The topological polar surface area (TPSA) is 12.0 Å². The van der Waals surface area contributed by atoms with Crippen LogP contribution in [0.3, 0.4) is 0 Å². The lowest BCUT2D eigenvalue weighted by molar-refractivity contribution is 0.294. The third-order valence-electron chi connectivity index (χ3n) is 6.81. The monoisotopic (exact) mass is 393 g/mol. The van der Waals surface area contributed by atoms with Crippen molar-refractivity contribution < 1.29 is 0 Å². The molecule has 27 heavy (non-hydrogen) atoms. The summed E-state index contributed by atoms with van der Waals surface area (Å²) in [5.74, 6) is 3.16. The second-order valence-electron chi connectivity index (χ2n) is 8.82. The second kappa shape index (κ2) is 14.8. The third kappa shape index (κ3) is 9.25. The zero-order valence-electron chi connectivity index (χ0n) is 19.2. The maximum Gasteiger partial charge on any atom is 0.0287 e. The van der Waals surface area contributed by atoms with Crippen LogP contribution in [-0.2, 0) is 0 Å². The Kier molecular flexibility index (Phi) is 13.6. The normalized spacial score (nSPS) is 25.8. The van der Waals surface area contributed by atoms with Gasteiger partial charge in [-0.05, 0) is 68.1 Å². The molecule has 0 radical (unpaired) electrons. The molecule has 0 aromatic heterocycles. The van der Waals surface area contributed by atoms with Gasteiger partial charge in [-0.15, -0.1) is 5.73 Å². The maximum absolute atomic E-state index is 3.83. The highest BCUT2D eigenvalue weighted by atomic mass is 32.2. The Bertz CT molecular complexity index is 438. The summed E-state index contributed by atoms with van der Waals surface area (Å²) in [5, 5.41) is 0.658. The van der Waals surface area contributed by atoms with Crippen molar-refractivity contribution in [3.63, 3.8) is 0 Å². The predicted molar refractivity (Wildman–Crippen MR) is 125 cm³/mol. The van der Waals surface area contributed by atoms with E-state index in [0.29, 0.717) is 11.2 Å². The van der Waals surface area contributed by atoms with Gasteiger partial charge in [0.15, 0.2) is 0 Å². The number of hydrogen-bond donors (Lipinski definition) is 1. The Morgan fingerprint density at radius 1 is 1.07 bits per heavy atom. The Balaban J connectivity index is 3.05. The Hall–Kier alpha value is -0.170. The summed E-state index contributed by atoms with van der Waals surface area (Å²) in [5.41, 5.74) is 5.41. The molecule has 0 amide bonds. The lowest BCUT2D eigenvalue weighted by atomic mass is 9.81. The van der Waals surface area contributed by atoms with Crippen molar-refractivity contribution in [3.8, 4) is 0 Å². The smallest absolute Gasteiger partial charge is 0.0287 e. The third-order valence-corrected chi connectivity index (χ3v) is 8.13. The van der Waals surface area contributed by atoms with Crippen LogP contribution in [0.1, 0.15) is 105 Å². The highest BCUT2D eigenvalue weighted by Gasteiger charge is 2.25. The molecule has 0 saturated heterocycles. The molecule has 1 nitrogen and oxygen atoms in total. The summed E-state index contributed by atoms with van der Waals surface area (Å²) in [6, 6.07) is 0. The van der Waals surface area contributed by atoms with Gasteiger partial charge in [-0.3, -0.25) is 4.72 Å². The van der Waals surface area contributed by atoms with Gasteiger partial charge >= 0.3 is 0 Å². The van der Waals surface area contributed by atoms with Crippen LogP contribution in [0.5, 0.6) is 0 Å². The fourth-order valence-corrected chi connectivity index (χ4v) is 5.59. The van der Waals surface area contributed by atoms with Crippen molar-refractivity contribution >= 4 is 11.9 Å². The van der Waals surface area contributed by atoms with E-state index in [2.05, 4.69) is 58.2 Å². The molecule has 158 valence electrons. The summed E-state index contributed by atoms with van der Waals surface area (Å²) in [6.45, 7) is 11.9. The quantitative estimate of drug-likeness (QED) is 0.313. The molecule has 0 spiro atoms. The minimum Gasteiger partial charge on any atom is -0.267 e. The van der Waals surface area contributed by atoms with Gasteiger partial charge in [0.25, 0.3) is 0 Å². The lowest BCUT2D eigenvalue weighted by Crippen LogP contribution is -2.26. The van der Waals surface area contributed by atoms with Gasteiger partial charge in [0.1, 0.15) is 0 Å². The summed E-state index contributed by atoms with van der Waals surface area (Å²) in [7, 11) is 2.08. The Morgan fingerprint density at radius 2 is 1.81 bits per heavy atom. The molecular weight excluding hydrogens is 346 g/mol. The van der Waals surface area contributed by atoms with Gasteiger partial charge in [0, 0.05) is 5.25 Å². The van der Waals surface area contributed by atoms with E-state index in [1.807, 2.05) is 11.9 Å². The molecule has 5 atom stereocenters. The van der Waals surface area contributed by atoms with Crippen LogP contribution >= 0.6 is 11.9 Å². The number of hydrogen-bond acceptors (Lipinski definition) is 2. The van der Waals surface area contributed by atoms with Crippen LogP contribution in [0.25, 0.3) is 0 Å². The van der Waals surface area contributed by atoms with Crippen LogP contribution in [-0.4, -0.2) is 12.3 Å². The largest absolute Gasteiger partial charge is 0.267 e. The Labute approximate surface area is 175 Å². The molecular formula is C25H47NS. The molecule has 0 aromatic carbocycles. The minimum atomic E-state index is 0.647. The standard InChI is InChI=1S/C25H47NS/c1-7-13-22-16-18-23(20(4)8-2)14-11-10-12-15-24(19-17-22)25(27-26-6)21(5)9-3/h19-21,23-26H,7-16,18H2,1-6H3. The Morgan fingerprint density at radius 3 is 2.44 bits per heavy atom. The van der Waals surface area contributed by atoms with E-state index < -0.39 is 0 Å². The van der Waals surface area contributed by atoms with Crippen molar-refractivity contribution in [1.82, 2.24) is 4.72 Å². The van der Waals surface area contributed by atoms with Crippen LogP contribution in [0.2, 0.25) is 0 Å².